The Labute approximate surface area is 136 Å². The molecule has 5 nitrogen and oxygen atoms in total. The maximum atomic E-state index is 12.0. The molecule has 0 bridgehead atoms. The number of amides is 2. The third-order valence-corrected chi connectivity index (χ3v) is 3.66. The molecule has 0 unspecified atom stereocenters. The van der Waals surface area contributed by atoms with Gasteiger partial charge in [0.2, 0.25) is 5.91 Å². The van der Waals surface area contributed by atoms with Crippen LogP contribution in [0.5, 0.6) is 0 Å². The van der Waals surface area contributed by atoms with Crippen molar-refractivity contribution in [2.45, 2.75) is 20.4 Å². The van der Waals surface area contributed by atoms with Crippen LogP contribution in [-0.2, 0) is 11.3 Å². The molecule has 1 heterocycles. The Balaban J connectivity index is 1.89. The molecule has 0 atom stereocenters. The SMILES string of the molecule is CC(=O)N(CCNC(=O)c1cccnc1)Cc1ccccc1C. The molecule has 120 valence electrons. The van der Waals surface area contributed by atoms with Crippen LogP contribution in [0.3, 0.4) is 0 Å². The van der Waals surface area contributed by atoms with Crippen LogP contribution in [0, 0.1) is 6.92 Å². The normalized spacial score (nSPS) is 10.2. The van der Waals surface area contributed by atoms with Gasteiger partial charge in [0.25, 0.3) is 5.91 Å². The molecule has 2 rings (SSSR count). The van der Waals surface area contributed by atoms with Gasteiger partial charge in [0, 0.05) is 39.0 Å². The van der Waals surface area contributed by atoms with Crippen molar-refractivity contribution in [3.63, 3.8) is 0 Å². The maximum absolute atomic E-state index is 12.0. The number of rotatable bonds is 6. The van der Waals surface area contributed by atoms with E-state index in [1.54, 1.807) is 30.2 Å². The number of carbonyl (C=O) groups excluding carboxylic acids is 2. The summed E-state index contributed by atoms with van der Waals surface area (Å²) < 4.78 is 0. The fraction of sp³-hybridized carbons (Fsp3) is 0.278. The third kappa shape index (κ3) is 4.92. The van der Waals surface area contributed by atoms with Crippen LogP contribution in [0.25, 0.3) is 0 Å². The molecule has 2 aromatic rings. The van der Waals surface area contributed by atoms with Crippen molar-refractivity contribution in [2.24, 2.45) is 0 Å². The molecule has 23 heavy (non-hydrogen) atoms. The van der Waals surface area contributed by atoms with Gasteiger partial charge in [-0.2, -0.15) is 0 Å². The van der Waals surface area contributed by atoms with Gasteiger partial charge in [-0.3, -0.25) is 14.6 Å². The monoisotopic (exact) mass is 311 g/mol. The Morgan fingerprint density at radius 3 is 2.61 bits per heavy atom. The summed E-state index contributed by atoms with van der Waals surface area (Å²) in [6.07, 6.45) is 3.14. The van der Waals surface area contributed by atoms with Gasteiger partial charge in [-0.05, 0) is 30.2 Å². The average Bonchev–Trinajstić information content (AvgIpc) is 2.56. The number of hydrogen-bond acceptors (Lipinski definition) is 3. The zero-order chi connectivity index (χ0) is 16.7. The number of hydrogen-bond donors (Lipinski definition) is 1. The van der Waals surface area contributed by atoms with Crippen LogP contribution in [0.15, 0.2) is 48.8 Å². The minimum atomic E-state index is -0.183. The molecule has 0 radical (unpaired) electrons. The second kappa shape index (κ2) is 8.08. The number of aryl methyl sites for hydroxylation is 1. The van der Waals surface area contributed by atoms with Crippen LogP contribution >= 0.6 is 0 Å². The van der Waals surface area contributed by atoms with Crippen molar-refractivity contribution in [2.75, 3.05) is 13.1 Å². The highest BCUT2D eigenvalue weighted by molar-refractivity contribution is 5.93. The Kier molecular flexibility index (Phi) is 5.86. The lowest BCUT2D eigenvalue weighted by atomic mass is 10.1. The van der Waals surface area contributed by atoms with Crippen molar-refractivity contribution < 1.29 is 9.59 Å². The van der Waals surface area contributed by atoms with E-state index in [-0.39, 0.29) is 11.8 Å². The van der Waals surface area contributed by atoms with E-state index in [1.165, 1.54) is 6.20 Å². The van der Waals surface area contributed by atoms with E-state index in [2.05, 4.69) is 10.3 Å². The fourth-order valence-electron chi connectivity index (χ4n) is 2.24. The fourth-order valence-corrected chi connectivity index (χ4v) is 2.24. The lowest BCUT2D eigenvalue weighted by Crippen LogP contribution is -2.37. The molecule has 1 aromatic carbocycles. The number of benzene rings is 1. The van der Waals surface area contributed by atoms with Crippen LogP contribution in [0.2, 0.25) is 0 Å². The number of aromatic nitrogens is 1. The first-order valence-electron chi connectivity index (χ1n) is 7.56. The number of nitrogens with one attached hydrogen (secondary N) is 1. The van der Waals surface area contributed by atoms with Crippen molar-refractivity contribution >= 4 is 11.8 Å². The first-order chi connectivity index (χ1) is 11.1. The van der Waals surface area contributed by atoms with Crippen molar-refractivity contribution in [1.29, 1.82) is 0 Å². The van der Waals surface area contributed by atoms with Crippen molar-refractivity contribution in [3.05, 3.63) is 65.5 Å². The molecule has 0 spiro atoms. The van der Waals surface area contributed by atoms with Gasteiger partial charge < -0.3 is 10.2 Å². The largest absolute Gasteiger partial charge is 0.350 e. The van der Waals surface area contributed by atoms with Gasteiger partial charge in [-0.1, -0.05) is 24.3 Å². The number of pyridine rings is 1. The Bertz CT molecular complexity index is 671. The summed E-state index contributed by atoms with van der Waals surface area (Å²) in [5.74, 6) is -0.193. The quantitative estimate of drug-likeness (QED) is 0.889. The minimum absolute atomic E-state index is 0.0103. The predicted octanol–water partition coefficient (Wildman–Crippen LogP) is 2.17. The van der Waals surface area contributed by atoms with E-state index in [0.29, 0.717) is 25.2 Å². The number of nitrogens with zero attached hydrogens (tertiary/aromatic N) is 2. The second-order valence-electron chi connectivity index (χ2n) is 5.36. The van der Waals surface area contributed by atoms with Gasteiger partial charge in [-0.15, -0.1) is 0 Å². The van der Waals surface area contributed by atoms with Crippen molar-refractivity contribution in [1.82, 2.24) is 15.2 Å². The number of carbonyl (C=O) groups is 2. The molecule has 0 saturated carbocycles. The van der Waals surface area contributed by atoms with E-state index in [1.807, 2.05) is 31.2 Å². The van der Waals surface area contributed by atoms with Gasteiger partial charge in [0.05, 0.1) is 5.56 Å². The first kappa shape index (κ1) is 16.7. The molecule has 0 aliphatic heterocycles. The zero-order valence-corrected chi connectivity index (χ0v) is 13.5. The summed E-state index contributed by atoms with van der Waals surface area (Å²) in [5.41, 5.74) is 2.78. The molecule has 1 aromatic heterocycles. The van der Waals surface area contributed by atoms with Gasteiger partial charge in [-0.25, -0.2) is 0 Å². The molecule has 0 saturated heterocycles. The van der Waals surface area contributed by atoms with Crippen molar-refractivity contribution in [3.8, 4) is 0 Å². The summed E-state index contributed by atoms with van der Waals surface area (Å²) >= 11 is 0. The van der Waals surface area contributed by atoms with Gasteiger partial charge >= 0.3 is 0 Å². The summed E-state index contributed by atoms with van der Waals surface area (Å²) in [6.45, 7) is 4.98. The topological polar surface area (TPSA) is 62.3 Å². The van der Waals surface area contributed by atoms with Gasteiger partial charge in [0.1, 0.15) is 0 Å². The maximum Gasteiger partial charge on any atom is 0.252 e. The third-order valence-electron chi connectivity index (χ3n) is 3.66. The first-order valence-corrected chi connectivity index (χ1v) is 7.56. The summed E-state index contributed by atoms with van der Waals surface area (Å²) in [4.78, 5) is 29.4. The van der Waals surface area contributed by atoms with E-state index < -0.39 is 0 Å². The molecular weight excluding hydrogens is 290 g/mol. The van der Waals surface area contributed by atoms with Crippen LogP contribution < -0.4 is 5.32 Å². The molecule has 2 amide bonds. The lowest BCUT2D eigenvalue weighted by Gasteiger charge is -2.22. The van der Waals surface area contributed by atoms with Crippen LogP contribution in [0.4, 0.5) is 0 Å². The van der Waals surface area contributed by atoms with E-state index in [0.717, 1.165) is 11.1 Å². The average molecular weight is 311 g/mol. The Hall–Kier alpha value is -2.69. The summed E-state index contributed by atoms with van der Waals surface area (Å²) in [7, 11) is 0. The predicted molar refractivity (Wildman–Crippen MR) is 88.8 cm³/mol. The smallest absolute Gasteiger partial charge is 0.252 e. The summed E-state index contributed by atoms with van der Waals surface area (Å²) in [5, 5.41) is 2.81. The van der Waals surface area contributed by atoms with E-state index >= 15 is 0 Å². The highest BCUT2D eigenvalue weighted by atomic mass is 16.2. The second-order valence-corrected chi connectivity index (χ2v) is 5.36. The molecule has 5 heteroatoms. The molecule has 0 aliphatic carbocycles. The standard InChI is InChI=1S/C18H21N3O2/c1-14-6-3-4-7-17(14)13-21(15(2)22)11-10-20-18(23)16-8-5-9-19-12-16/h3-9,12H,10-11,13H2,1-2H3,(H,20,23). The van der Waals surface area contributed by atoms with Crippen LogP contribution in [0.1, 0.15) is 28.4 Å². The Morgan fingerprint density at radius 1 is 1.17 bits per heavy atom. The highest BCUT2D eigenvalue weighted by Gasteiger charge is 2.11. The highest BCUT2D eigenvalue weighted by Crippen LogP contribution is 2.10. The lowest BCUT2D eigenvalue weighted by molar-refractivity contribution is -0.129. The molecule has 1 N–H and O–H groups in total. The van der Waals surface area contributed by atoms with Crippen LogP contribution in [-0.4, -0.2) is 34.8 Å². The minimum Gasteiger partial charge on any atom is -0.350 e. The van der Waals surface area contributed by atoms with Gasteiger partial charge in [0.15, 0.2) is 0 Å². The molecular formula is C18H21N3O2. The van der Waals surface area contributed by atoms with E-state index in [9.17, 15) is 9.59 Å². The molecule has 0 aliphatic rings. The molecule has 0 fully saturated rings. The zero-order valence-electron chi connectivity index (χ0n) is 13.5. The van der Waals surface area contributed by atoms with E-state index in [4.69, 9.17) is 0 Å². The summed E-state index contributed by atoms with van der Waals surface area (Å²) in [6, 6.07) is 11.4. The Morgan fingerprint density at radius 2 is 1.96 bits per heavy atom.